The Morgan fingerprint density at radius 1 is 1.11 bits per heavy atom. The van der Waals surface area contributed by atoms with Crippen molar-refractivity contribution >= 4 is 5.91 Å². The van der Waals surface area contributed by atoms with Crippen LogP contribution in [0.15, 0.2) is 22.7 Å². The summed E-state index contributed by atoms with van der Waals surface area (Å²) in [6, 6.07) is 5.31. The average Bonchev–Trinajstić information content (AvgIpc) is 3.08. The molecule has 1 heterocycles. The molecule has 27 heavy (non-hydrogen) atoms. The Morgan fingerprint density at radius 3 is 2.41 bits per heavy atom. The minimum atomic E-state index is -0.223. The van der Waals surface area contributed by atoms with Crippen LogP contribution in [0.5, 0.6) is 11.5 Å². The van der Waals surface area contributed by atoms with Crippen LogP contribution in [0.3, 0.4) is 0 Å². The highest BCUT2D eigenvalue weighted by atomic mass is 16.5. The van der Waals surface area contributed by atoms with Gasteiger partial charge in [0.15, 0.2) is 5.76 Å². The van der Waals surface area contributed by atoms with Gasteiger partial charge in [-0.05, 0) is 31.9 Å². The molecule has 1 N–H and O–H groups in total. The summed E-state index contributed by atoms with van der Waals surface area (Å²) in [6.45, 7) is 5.78. The second kappa shape index (κ2) is 10.6. The maximum Gasteiger partial charge on any atom is 0.257 e. The van der Waals surface area contributed by atoms with E-state index in [0.29, 0.717) is 47.2 Å². The minimum Gasteiger partial charge on any atom is -0.497 e. The molecule has 7 nitrogen and oxygen atoms in total. The number of nitrogens with one attached hydrogen (secondary N) is 1. The summed E-state index contributed by atoms with van der Waals surface area (Å²) in [6.07, 6.45) is 2.92. The van der Waals surface area contributed by atoms with Gasteiger partial charge in [0.1, 0.15) is 17.1 Å². The predicted octanol–water partition coefficient (Wildman–Crippen LogP) is 3.60. The van der Waals surface area contributed by atoms with E-state index in [2.05, 4.69) is 17.4 Å². The van der Waals surface area contributed by atoms with Crippen molar-refractivity contribution in [3.05, 3.63) is 29.5 Å². The first-order valence-corrected chi connectivity index (χ1v) is 9.16. The van der Waals surface area contributed by atoms with E-state index in [1.807, 2.05) is 0 Å². The van der Waals surface area contributed by atoms with E-state index in [9.17, 15) is 4.79 Å². The van der Waals surface area contributed by atoms with E-state index < -0.39 is 0 Å². The van der Waals surface area contributed by atoms with Crippen LogP contribution < -0.4 is 14.8 Å². The van der Waals surface area contributed by atoms with Gasteiger partial charge in [-0.3, -0.25) is 4.79 Å². The molecule has 0 saturated carbocycles. The van der Waals surface area contributed by atoms with Crippen LogP contribution in [0.4, 0.5) is 0 Å². The number of hydrogen-bond acceptors (Lipinski definition) is 6. The number of benzene rings is 1. The second-order valence-corrected chi connectivity index (χ2v) is 6.15. The number of unbranched alkanes of at least 4 members (excludes halogenated alkanes) is 1. The molecule has 0 aliphatic heterocycles. The average molecular weight is 376 g/mol. The number of carbonyl (C=O) groups is 1. The number of hydrogen-bond donors (Lipinski definition) is 1. The lowest BCUT2D eigenvalue weighted by Gasteiger charge is -2.09. The molecule has 0 aliphatic carbocycles. The fraction of sp³-hybridized carbons (Fsp3) is 0.500. The Bertz CT molecular complexity index is 720. The molecule has 7 heteroatoms. The smallest absolute Gasteiger partial charge is 0.257 e. The van der Waals surface area contributed by atoms with E-state index in [-0.39, 0.29) is 5.91 Å². The first kappa shape index (κ1) is 20.8. The molecule has 0 fully saturated rings. The lowest BCUT2D eigenvalue weighted by atomic mass is 10.1. The van der Waals surface area contributed by atoms with Gasteiger partial charge in [0.05, 0.1) is 19.9 Å². The lowest BCUT2D eigenvalue weighted by Crippen LogP contribution is -2.26. The molecule has 1 aromatic heterocycles. The Balaban J connectivity index is 2.07. The lowest BCUT2D eigenvalue weighted by molar-refractivity contribution is 0.0940. The summed E-state index contributed by atoms with van der Waals surface area (Å²) in [5, 5.41) is 6.86. The van der Waals surface area contributed by atoms with Crippen molar-refractivity contribution in [1.29, 1.82) is 0 Å². The molecule has 0 saturated heterocycles. The zero-order valence-corrected chi connectivity index (χ0v) is 16.5. The predicted molar refractivity (Wildman–Crippen MR) is 102 cm³/mol. The van der Waals surface area contributed by atoms with Crippen LogP contribution in [0, 0.1) is 6.92 Å². The summed E-state index contributed by atoms with van der Waals surface area (Å²) in [7, 11) is 3.14. The number of aromatic nitrogens is 1. The second-order valence-electron chi connectivity index (χ2n) is 6.15. The van der Waals surface area contributed by atoms with Gasteiger partial charge in [-0.25, -0.2) is 0 Å². The minimum absolute atomic E-state index is 0.223. The van der Waals surface area contributed by atoms with E-state index in [1.165, 1.54) is 0 Å². The van der Waals surface area contributed by atoms with E-state index in [1.54, 1.807) is 39.3 Å². The van der Waals surface area contributed by atoms with Gasteiger partial charge in [-0.15, -0.1) is 0 Å². The third kappa shape index (κ3) is 5.72. The third-order valence-corrected chi connectivity index (χ3v) is 4.10. The number of nitrogens with zero attached hydrogens (tertiary/aromatic N) is 1. The Morgan fingerprint density at radius 2 is 1.78 bits per heavy atom. The zero-order chi connectivity index (χ0) is 19.6. The highest BCUT2D eigenvalue weighted by Gasteiger charge is 2.22. The summed E-state index contributed by atoms with van der Waals surface area (Å²) in [5.74, 6) is 1.38. The van der Waals surface area contributed by atoms with E-state index >= 15 is 0 Å². The van der Waals surface area contributed by atoms with Crippen LogP contribution >= 0.6 is 0 Å². The van der Waals surface area contributed by atoms with Crippen LogP contribution in [-0.4, -0.2) is 45.0 Å². The molecular formula is C20H28N2O5. The molecule has 2 rings (SSSR count). The largest absolute Gasteiger partial charge is 0.497 e. The highest BCUT2D eigenvalue weighted by molar-refractivity contribution is 6.00. The van der Waals surface area contributed by atoms with Gasteiger partial charge in [-0.2, -0.15) is 0 Å². The maximum absolute atomic E-state index is 12.7. The van der Waals surface area contributed by atoms with Crippen LogP contribution in [-0.2, 0) is 4.74 Å². The Hall–Kier alpha value is -2.54. The molecule has 1 aromatic carbocycles. The van der Waals surface area contributed by atoms with Gasteiger partial charge >= 0.3 is 0 Å². The molecule has 0 unspecified atom stereocenters. The van der Waals surface area contributed by atoms with Crippen molar-refractivity contribution in [3.63, 3.8) is 0 Å². The molecule has 0 aliphatic rings. The molecule has 2 aromatic rings. The van der Waals surface area contributed by atoms with Crippen LogP contribution in [0.25, 0.3) is 11.3 Å². The number of carbonyl (C=O) groups excluding carboxylic acids is 1. The summed E-state index contributed by atoms with van der Waals surface area (Å²) in [5.41, 5.74) is 1.61. The van der Waals surface area contributed by atoms with Gasteiger partial charge in [0.2, 0.25) is 0 Å². The normalized spacial score (nSPS) is 10.7. The fourth-order valence-electron chi connectivity index (χ4n) is 2.59. The van der Waals surface area contributed by atoms with Crippen LogP contribution in [0.1, 0.15) is 42.2 Å². The molecule has 0 spiro atoms. The van der Waals surface area contributed by atoms with Crippen molar-refractivity contribution in [2.75, 3.05) is 34.0 Å². The highest BCUT2D eigenvalue weighted by Crippen LogP contribution is 2.32. The summed E-state index contributed by atoms with van der Waals surface area (Å²) < 4.78 is 21.5. The van der Waals surface area contributed by atoms with Gasteiger partial charge in [0.25, 0.3) is 5.91 Å². The van der Waals surface area contributed by atoms with Crippen molar-refractivity contribution in [2.45, 2.75) is 33.1 Å². The van der Waals surface area contributed by atoms with Crippen molar-refractivity contribution in [2.24, 2.45) is 0 Å². The van der Waals surface area contributed by atoms with Gasteiger partial charge < -0.3 is 24.1 Å². The van der Waals surface area contributed by atoms with Crippen molar-refractivity contribution in [1.82, 2.24) is 10.5 Å². The standard InChI is InChI=1S/C20H28N2O5/c1-5-6-9-26-10-7-8-21-20(23)18-14(2)22-27-19(18)15-11-16(24-3)13-17(12-15)25-4/h11-13H,5-10H2,1-4H3,(H,21,23). The van der Waals surface area contributed by atoms with Gasteiger partial charge in [-0.1, -0.05) is 18.5 Å². The SMILES string of the molecule is CCCCOCCCNC(=O)c1c(C)noc1-c1cc(OC)cc(OC)c1. The monoisotopic (exact) mass is 376 g/mol. The quantitative estimate of drug-likeness (QED) is 0.603. The van der Waals surface area contributed by atoms with Crippen molar-refractivity contribution in [3.8, 4) is 22.8 Å². The number of amides is 1. The Labute approximate surface area is 160 Å². The van der Waals surface area contributed by atoms with Crippen LogP contribution in [0.2, 0.25) is 0 Å². The molecular weight excluding hydrogens is 348 g/mol. The Kier molecular flexibility index (Phi) is 8.13. The van der Waals surface area contributed by atoms with E-state index in [4.69, 9.17) is 18.7 Å². The molecule has 0 atom stereocenters. The third-order valence-electron chi connectivity index (χ3n) is 4.10. The number of ether oxygens (including phenoxy) is 3. The fourth-order valence-corrected chi connectivity index (χ4v) is 2.59. The van der Waals surface area contributed by atoms with Gasteiger partial charge in [0, 0.05) is 31.4 Å². The summed E-state index contributed by atoms with van der Waals surface area (Å²) in [4.78, 5) is 12.7. The molecule has 1 amide bonds. The number of rotatable bonds is 11. The number of methoxy groups -OCH3 is 2. The maximum atomic E-state index is 12.7. The van der Waals surface area contributed by atoms with Crippen molar-refractivity contribution < 1.29 is 23.5 Å². The zero-order valence-electron chi connectivity index (χ0n) is 16.5. The first-order chi connectivity index (χ1) is 13.1. The topological polar surface area (TPSA) is 82.8 Å². The molecule has 0 bridgehead atoms. The first-order valence-electron chi connectivity index (χ1n) is 9.16. The number of aryl methyl sites for hydroxylation is 1. The molecule has 0 radical (unpaired) electrons. The molecule has 148 valence electrons. The summed E-state index contributed by atoms with van der Waals surface area (Å²) >= 11 is 0. The van der Waals surface area contributed by atoms with E-state index in [0.717, 1.165) is 25.9 Å².